The Labute approximate surface area is 193 Å². The van der Waals surface area contributed by atoms with Crippen molar-refractivity contribution in [2.45, 2.75) is 25.8 Å². The molecule has 0 fully saturated rings. The van der Waals surface area contributed by atoms with Crippen LogP contribution in [0.3, 0.4) is 0 Å². The van der Waals surface area contributed by atoms with E-state index in [1.807, 2.05) is 53.4 Å². The summed E-state index contributed by atoms with van der Waals surface area (Å²) in [6.45, 7) is 1.39. The van der Waals surface area contributed by atoms with Crippen molar-refractivity contribution in [1.82, 2.24) is 9.88 Å². The lowest BCUT2D eigenvalue weighted by molar-refractivity contribution is -0.131. The molecule has 5 heteroatoms. The first kappa shape index (κ1) is 21.0. The van der Waals surface area contributed by atoms with Gasteiger partial charge in [0.2, 0.25) is 12.7 Å². The Morgan fingerprint density at radius 2 is 1.67 bits per heavy atom. The molecule has 0 saturated carbocycles. The number of ether oxygens (including phenoxy) is 2. The number of pyridine rings is 1. The zero-order valence-corrected chi connectivity index (χ0v) is 18.4. The average Bonchev–Trinajstić information content (AvgIpc) is 3.32. The number of aromatic nitrogens is 1. The summed E-state index contributed by atoms with van der Waals surface area (Å²) in [5, 5.41) is 1.10. The quantitative estimate of drug-likeness (QED) is 0.381. The van der Waals surface area contributed by atoms with Gasteiger partial charge in [-0.1, -0.05) is 60.7 Å². The minimum Gasteiger partial charge on any atom is -0.454 e. The maximum atomic E-state index is 13.3. The van der Waals surface area contributed by atoms with E-state index in [9.17, 15) is 4.79 Å². The van der Waals surface area contributed by atoms with Crippen LogP contribution >= 0.6 is 0 Å². The number of para-hydroxylation sites is 1. The molecule has 0 bridgehead atoms. The monoisotopic (exact) mass is 438 g/mol. The van der Waals surface area contributed by atoms with Crippen LogP contribution < -0.4 is 9.47 Å². The van der Waals surface area contributed by atoms with Crippen LogP contribution in [0, 0.1) is 0 Å². The largest absolute Gasteiger partial charge is 0.454 e. The highest BCUT2D eigenvalue weighted by Crippen LogP contribution is 2.32. The molecule has 0 saturated heterocycles. The van der Waals surface area contributed by atoms with Crippen LogP contribution in [0.2, 0.25) is 0 Å². The Kier molecular flexibility index (Phi) is 6.20. The molecule has 0 aliphatic carbocycles. The van der Waals surface area contributed by atoms with Crippen LogP contribution in [-0.4, -0.2) is 29.1 Å². The molecule has 166 valence electrons. The van der Waals surface area contributed by atoms with Gasteiger partial charge in [0.15, 0.2) is 11.5 Å². The van der Waals surface area contributed by atoms with E-state index in [0.717, 1.165) is 40.8 Å². The lowest BCUT2D eigenvalue weighted by Gasteiger charge is -2.23. The lowest BCUT2D eigenvalue weighted by Crippen LogP contribution is -2.33. The molecule has 33 heavy (non-hydrogen) atoms. The SMILES string of the molecule is O=C(Cc1ccc2c(c1)OCO2)N(CCCc1ccccc1)Cc1ccc2ccccc2n1. The lowest BCUT2D eigenvalue weighted by atomic mass is 10.1. The van der Waals surface area contributed by atoms with E-state index in [2.05, 4.69) is 36.4 Å². The zero-order valence-electron chi connectivity index (χ0n) is 18.4. The van der Waals surface area contributed by atoms with Crippen molar-refractivity contribution in [2.75, 3.05) is 13.3 Å². The number of aryl methyl sites for hydroxylation is 1. The molecule has 4 aromatic rings. The van der Waals surface area contributed by atoms with Gasteiger partial charge in [-0.05, 0) is 48.2 Å². The Balaban J connectivity index is 1.31. The third-order valence-electron chi connectivity index (χ3n) is 5.89. The van der Waals surface area contributed by atoms with E-state index in [4.69, 9.17) is 14.5 Å². The van der Waals surface area contributed by atoms with Crippen LogP contribution in [0.1, 0.15) is 23.2 Å². The maximum absolute atomic E-state index is 13.3. The highest BCUT2D eigenvalue weighted by Gasteiger charge is 2.18. The third-order valence-corrected chi connectivity index (χ3v) is 5.89. The van der Waals surface area contributed by atoms with Crippen molar-refractivity contribution < 1.29 is 14.3 Å². The molecule has 1 amide bonds. The van der Waals surface area contributed by atoms with Gasteiger partial charge in [0.1, 0.15) is 0 Å². The summed E-state index contributed by atoms with van der Waals surface area (Å²) in [6.07, 6.45) is 2.14. The van der Waals surface area contributed by atoms with Gasteiger partial charge in [-0.2, -0.15) is 0 Å². The fourth-order valence-corrected chi connectivity index (χ4v) is 4.14. The summed E-state index contributed by atoms with van der Waals surface area (Å²) in [5.74, 6) is 1.51. The first-order valence-corrected chi connectivity index (χ1v) is 11.3. The van der Waals surface area contributed by atoms with Crippen LogP contribution in [0.5, 0.6) is 11.5 Å². The van der Waals surface area contributed by atoms with E-state index in [1.165, 1.54) is 5.56 Å². The number of fused-ring (bicyclic) bond motifs is 2. The molecule has 0 atom stereocenters. The van der Waals surface area contributed by atoms with Crippen molar-refractivity contribution in [3.8, 4) is 11.5 Å². The Morgan fingerprint density at radius 3 is 2.58 bits per heavy atom. The smallest absolute Gasteiger partial charge is 0.231 e. The molecule has 5 nitrogen and oxygen atoms in total. The minimum absolute atomic E-state index is 0.0804. The summed E-state index contributed by atoms with van der Waals surface area (Å²) in [7, 11) is 0. The molecule has 2 heterocycles. The molecule has 0 N–H and O–H groups in total. The molecular weight excluding hydrogens is 412 g/mol. The van der Waals surface area contributed by atoms with Crippen molar-refractivity contribution in [3.63, 3.8) is 0 Å². The predicted octanol–water partition coefficient (Wildman–Crippen LogP) is 5.17. The summed E-state index contributed by atoms with van der Waals surface area (Å²) in [4.78, 5) is 20.1. The van der Waals surface area contributed by atoms with Crippen LogP contribution in [0.25, 0.3) is 10.9 Å². The van der Waals surface area contributed by atoms with Crippen molar-refractivity contribution >= 4 is 16.8 Å². The second-order valence-corrected chi connectivity index (χ2v) is 8.26. The molecule has 5 rings (SSSR count). The number of hydrogen-bond donors (Lipinski definition) is 0. The van der Waals surface area contributed by atoms with E-state index in [0.29, 0.717) is 25.3 Å². The molecule has 1 aromatic heterocycles. The summed E-state index contributed by atoms with van der Waals surface area (Å²) < 4.78 is 10.9. The van der Waals surface area contributed by atoms with Gasteiger partial charge >= 0.3 is 0 Å². The first-order chi connectivity index (χ1) is 16.2. The average molecular weight is 439 g/mol. The molecular formula is C28H26N2O3. The van der Waals surface area contributed by atoms with Gasteiger partial charge in [-0.3, -0.25) is 9.78 Å². The number of amides is 1. The molecule has 0 unspecified atom stereocenters. The van der Waals surface area contributed by atoms with Crippen molar-refractivity contribution in [3.05, 3.63) is 102 Å². The number of rotatable bonds is 8. The Hall–Kier alpha value is -3.86. The Morgan fingerprint density at radius 1 is 0.848 bits per heavy atom. The van der Waals surface area contributed by atoms with E-state index >= 15 is 0 Å². The van der Waals surface area contributed by atoms with E-state index < -0.39 is 0 Å². The third kappa shape index (κ3) is 5.14. The van der Waals surface area contributed by atoms with E-state index in [1.54, 1.807) is 0 Å². The number of carbonyl (C=O) groups excluding carboxylic acids is 1. The second-order valence-electron chi connectivity index (χ2n) is 8.26. The Bertz CT molecular complexity index is 1260. The van der Waals surface area contributed by atoms with Gasteiger partial charge in [0.05, 0.1) is 24.2 Å². The number of benzene rings is 3. The van der Waals surface area contributed by atoms with Gasteiger partial charge in [-0.15, -0.1) is 0 Å². The van der Waals surface area contributed by atoms with E-state index in [-0.39, 0.29) is 12.7 Å². The first-order valence-electron chi connectivity index (χ1n) is 11.3. The van der Waals surface area contributed by atoms with Crippen molar-refractivity contribution in [1.29, 1.82) is 0 Å². The standard InChI is InChI=1S/C28H26N2O3/c31-28(18-22-12-15-26-27(17-22)33-20-32-26)30(16-6-9-21-7-2-1-3-8-21)19-24-14-13-23-10-4-5-11-25(23)29-24/h1-5,7-8,10-15,17H,6,9,16,18-20H2. The summed E-state index contributed by atoms with van der Waals surface area (Å²) in [6, 6.07) is 28.2. The van der Waals surface area contributed by atoms with Crippen LogP contribution in [0.15, 0.2) is 84.9 Å². The van der Waals surface area contributed by atoms with Gasteiger partial charge in [0.25, 0.3) is 0 Å². The molecule has 3 aromatic carbocycles. The fraction of sp³-hybridized carbons (Fsp3) is 0.214. The summed E-state index contributed by atoms with van der Waals surface area (Å²) in [5.41, 5.74) is 4.04. The number of hydrogen-bond acceptors (Lipinski definition) is 4. The molecule has 1 aliphatic heterocycles. The highest BCUT2D eigenvalue weighted by molar-refractivity contribution is 5.80. The van der Waals surface area contributed by atoms with Gasteiger partial charge in [0, 0.05) is 11.9 Å². The topological polar surface area (TPSA) is 51.7 Å². The normalized spacial score (nSPS) is 12.1. The van der Waals surface area contributed by atoms with Gasteiger partial charge in [-0.25, -0.2) is 0 Å². The second kappa shape index (κ2) is 9.74. The highest BCUT2D eigenvalue weighted by atomic mass is 16.7. The summed E-state index contributed by atoms with van der Waals surface area (Å²) >= 11 is 0. The van der Waals surface area contributed by atoms with Crippen LogP contribution in [0.4, 0.5) is 0 Å². The number of nitrogens with zero attached hydrogens (tertiary/aromatic N) is 2. The predicted molar refractivity (Wildman–Crippen MR) is 128 cm³/mol. The zero-order chi connectivity index (χ0) is 22.5. The molecule has 0 radical (unpaired) electrons. The van der Waals surface area contributed by atoms with Gasteiger partial charge < -0.3 is 14.4 Å². The molecule has 0 spiro atoms. The fourth-order valence-electron chi connectivity index (χ4n) is 4.14. The minimum atomic E-state index is 0.0804. The van der Waals surface area contributed by atoms with Crippen LogP contribution in [-0.2, 0) is 24.2 Å². The maximum Gasteiger partial charge on any atom is 0.231 e. The number of carbonyl (C=O) groups is 1. The molecule has 1 aliphatic rings. The van der Waals surface area contributed by atoms with Crippen molar-refractivity contribution in [2.24, 2.45) is 0 Å².